The normalized spacial score (nSPS) is 15.7. The molecule has 0 atom stereocenters. The van der Waals surface area contributed by atoms with Crippen LogP contribution in [0.5, 0.6) is 0 Å². The minimum atomic E-state index is -3.50. The van der Waals surface area contributed by atoms with E-state index in [9.17, 15) is 18.0 Å². The van der Waals surface area contributed by atoms with Gasteiger partial charge in [-0.1, -0.05) is 0 Å². The van der Waals surface area contributed by atoms with Crippen LogP contribution in [0.4, 0.5) is 0 Å². The van der Waals surface area contributed by atoms with Gasteiger partial charge in [0.05, 0.1) is 10.8 Å². The molecule has 0 unspecified atom stereocenters. The predicted molar refractivity (Wildman–Crippen MR) is 103 cm³/mol. The molecular weight excluding hydrogens is 366 g/mol. The quantitative estimate of drug-likeness (QED) is 0.850. The van der Waals surface area contributed by atoms with Crippen molar-refractivity contribution in [1.82, 2.24) is 15.2 Å². The molecule has 1 fully saturated rings. The van der Waals surface area contributed by atoms with Crippen LogP contribution < -0.4 is 5.32 Å². The maximum atomic E-state index is 12.8. The average Bonchev–Trinajstić information content (AvgIpc) is 2.67. The van der Waals surface area contributed by atoms with Crippen molar-refractivity contribution < 1.29 is 18.0 Å². The molecule has 2 amide bonds. The molecule has 3 rings (SSSR count). The molecule has 0 spiro atoms. The lowest BCUT2D eigenvalue weighted by Crippen LogP contribution is -2.44. The summed E-state index contributed by atoms with van der Waals surface area (Å²) in [6.07, 6.45) is 2.43. The number of aryl methyl sites for hydroxylation is 1. The fourth-order valence-corrected chi connectivity index (χ4v) is 5.06. The highest BCUT2D eigenvalue weighted by Crippen LogP contribution is 2.22. The van der Waals surface area contributed by atoms with Gasteiger partial charge in [-0.25, -0.2) is 8.42 Å². The summed E-state index contributed by atoms with van der Waals surface area (Å²) in [5, 5.41) is 2.69. The van der Waals surface area contributed by atoms with Crippen LogP contribution in [0.25, 0.3) is 10.9 Å². The number of sulfone groups is 1. The Hall–Kier alpha value is -2.48. The van der Waals surface area contributed by atoms with Crippen LogP contribution in [0.15, 0.2) is 30.5 Å². The molecule has 2 heterocycles. The third kappa shape index (κ3) is 4.10. The molecular formula is C19H23N3O4S. The molecule has 0 radical (unpaired) electrons. The summed E-state index contributed by atoms with van der Waals surface area (Å²) in [4.78, 5) is 30.2. The Morgan fingerprint density at radius 2 is 1.93 bits per heavy atom. The maximum Gasteiger partial charge on any atom is 0.253 e. The Morgan fingerprint density at radius 1 is 1.22 bits per heavy atom. The monoisotopic (exact) mass is 389 g/mol. The Morgan fingerprint density at radius 3 is 2.59 bits per heavy atom. The van der Waals surface area contributed by atoms with Gasteiger partial charge in [0, 0.05) is 37.3 Å². The second-order valence-corrected chi connectivity index (χ2v) is 9.11. The SMILES string of the molecule is CNC(=O)CS(=O)(=O)C1CCN(C(=O)c2ccc3nccc(C)c3c2)CC1. The van der Waals surface area contributed by atoms with E-state index in [1.54, 1.807) is 17.2 Å². The number of hydrogen-bond donors (Lipinski definition) is 1. The van der Waals surface area contributed by atoms with E-state index in [0.29, 0.717) is 31.5 Å². The Labute approximate surface area is 158 Å². The van der Waals surface area contributed by atoms with Crippen molar-refractivity contribution in [3.05, 3.63) is 41.6 Å². The molecule has 0 saturated carbocycles. The molecule has 0 aliphatic carbocycles. The van der Waals surface area contributed by atoms with Crippen molar-refractivity contribution in [3.8, 4) is 0 Å². The number of pyridine rings is 1. The summed E-state index contributed by atoms with van der Waals surface area (Å²) in [6.45, 7) is 2.70. The van der Waals surface area contributed by atoms with E-state index >= 15 is 0 Å². The number of benzene rings is 1. The number of carbonyl (C=O) groups excluding carboxylic acids is 2. The number of fused-ring (bicyclic) bond motifs is 1. The summed E-state index contributed by atoms with van der Waals surface area (Å²) >= 11 is 0. The van der Waals surface area contributed by atoms with Crippen molar-refractivity contribution in [3.63, 3.8) is 0 Å². The molecule has 8 heteroatoms. The molecule has 1 N–H and O–H groups in total. The summed E-state index contributed by atoms with van der Waals surface area (Å²) in [5.41, 5.74) is 2.46. The van der Waals surface area contributed by atoms with Gasteiger partial charge in [-0.15, -0.1) is 0 Å². The number of hydrogen-bond acceptors (Lipinski definition) is 5. The molecule has 1 aliphatic rings. The Balaban J connectivity index is 1.70. The van der Waals surface area contributed by atoms with Crippen molar-refractivity contribution >= 4 is 32.6 Å². The standard InChI is InChI=1S/C19H23N3O4S/c1-13-5-8-21-17-4-3-14(11-16(13)17)19(24)22-9-6-15(7-10-22)27(25,26)12-18(23)20-2/h3-5,8,11,15H,6-7,9-10,12H2,1-2H3,(H,20,23). The second-order valence-electron chi connectivity index (χ2n) is 6.83. The van der Waals surface area contributed by atoms with Crippen LogP contribution >= 0.6 is 0 Å². The highest BCUT2D eigenvalue weighted by atomic mass is 32.2. The van der Waals surface area contributed by atoms with Crippen LogP contribution in [0, 0.1) is 6.92 Å². The fourth-order valence-electron chi connectivity index (χ4n) is 3.39. The summed E-state index contributed by atoms with van der Waals surface area (Å²) in [5.74, 6) is -1.12. The van der Waals surface area contributed by atoms with E-state index in [-0.39, 0.29) is 5.91 Å². The summed E-state index contributed by atoms with van der Waals surface area (Å²) in [7, 11) is -2.08. The number of nitrogens with zero attached hydrogens (tertiary/aromatic N) is 2. The lowest BCUT2D eigenvalue weighted by Gasteiger charge is -2.31. The topological polar surface area (TPSA) is 96.4 Å². The second kappa shape index (κ2) is 7.64. The van der Waals surface area contributed by atoms with Gasteiger partial charge in [0.25, 0.3) is 5.91 Å². The Kier molecular flexibility index (Phi) is 5.46. The molecule has 0 bridgehead atoms. The maximum absolute atomic E-state index is 12.8. The van der Waals surface area contributed by atoms with Crippen molar-refractivity contribution in [2.45, 2.75) is 25.0 Å². The number of likely N-dealkylation sites (tertiary alicyclic amines) is 1. The van der Waals surface area contributed by atoms with Crippen LogP contribution in [-0.4, -0.2) is 61.3 Å². The highest BCUT2D eigenvalue weighted by molar-refractivity contribution is 7.92. The first-order chi connectivity index (χ1) is 12.8. The van der Waals surface area contributed by atoms with E-state index in [1.165, 1.54) is 7.05 Å². The number of aromatic nitrogens is 1. The molecule has 1 aliphatic heterocycles. The van der Waals surface area contributed by atoms with E-state index in [1.807, 2.05) is 25.1 Å². The van der Waals surface area contributed by atoms with Gasteiger partial charge in [-0.05, 0) is 49.6 Å². The van der Waals surface area contributed by atoms with Crippen molar-refractivity contribution in [1.29, 1.82) is 0 Å². The number of rotatable bonds is 4. The number of amides is 2. The zero-order valence-corrected chi connectivity index (χ0v) is 16.3. The average molecular weight is 389 g/mol. The molecule has 1 aromatic heterocycles. The first kappa shape index (κ1) is 19.3. The molecule has 1 aromatic carbocycles. The van der Waals surface area contributed by atoms with Crippen molar-refractivity contribution in [2.75, 3.05) is 25.9 Å². The van der Waals surface area contributed by atoms with Crippen LogP contribution in [0.3, 0.4) is 0 Å². The number of nitrogens with one attached hydrogen (secondary N) is 1. The number of piperidine rings is 1. The van der Waals surface area contributed by atoms with Crippen LogP contribution in [-0.2, 0) is 14.6 Å². The molecule has 2 aromatic rings. The zero-order chi connectivity index (χ0) is 19.6. The van der Waals surface area contributed by atoms with Gasteiger partial charge in [-0.2, -0.15) is 0 Å². The summed E-state index contributed by atoms with van der Waals surface area (Å²) in [6, 6.07) is 7.33. The third-order valence-electron chi connectivity index (χ3n) is 5.05. The molecule has 1 saturated heterocycles. The van der Waals surface area contributed by atoms with E-state index in [2.05, 4.69) is 10.3 Å². The minimum absolute atomic E-state index is 0.109. The zero-order valence-electron chi connectivity index (χ0n) is 15.4. The van der Waals surface area contributed by atoms with E-state index in [4.69, 9.17) is 0 Å². The first-order valence-electron chi connectivity index (χ1n) is 8.88. The smallest absolute Gasteiger partial charge is 0.253 e. The fraction of sp³-hybridized carbons (Fsp3) is 0.421. The molecule has 27 heavy (non-hydrogen) atoms. The predicted octanol–water partition coefficient (Wildman–Crippen LogP) is 1.31. The first-order valence-corrected chi connectivity index (χ1v) is 10.6. The largest absolute Gasteiger partial charge is 0.358 e. The van der Waals surface area contributed by atoms with Gasteiger partial charge >= 0.3 is 0 Å². The lowest BCUT2D eigenvalue weighted by molar-refractivity contribution is -0.118. The van der Waals surface area contributed by atoms with Gasteiger partial charge in [-0.3, -0.25) is 14.6 Å². The summed E-state index contributed by atoms with van der Waals surface area (Å²) < 4.78 is 24.6. The van der Waals surface area contributed by atoms with E-state index < -0.39 is 26.7 Å². The van der Waals surface area contributed by atoms with Gasteiger partial charge in [0.2, 0.25) is 5.91 Å². The lowest BCUT2D eigenvalue weighted by atomic mass is 10.0. The minimum Gasteiger partial charge on any atom is -0.358 e. The molecule has 7 nitrogen and oxygen atoms in total. The van der Waals surface area contributed by atoms with Crippen LogP contribution in [0.1, 0.15) is 28.8 Å². The van der Waals surface area contributed by atoms with Gasteiger partial charge in [0.15, 0.2) is 9.84 Å². The number of carbonyl (C=O) groups is 2. The van der Waals surface area contributed by atoms with Gasteiger partial charge in [0.1, 0.15) is 5.75 Å². The van der Waals surface area contributed by atoms with E-state index in [0.717, 1.165) is 16.5 Å². The Bertz CT molecular complexity index is 980. The van der Waals surface area contributed by atoms with Crippen LogP contribution in [0.2, 0.25) is 0 Å². The highest BCUT2D eigenvalue weighted by Gasteiger charge is 2.33. The van der Waals surface area contributed by atoms with Crippen molar-refractivity contribution in [2.24, 2.45) is 0 Å². The third-order valence-corrected chi connectivity index (χ3v) is 7.21. The van der Waals surface area contributed by atoms with Gasteiger partial charge < -0.3 is 10.2 Å². The molecule has 144 valence electrons.